The number of fused-ring (bicyclic) bond motifs is 1. The number of amides is 1. The number of piperidine rings is 1. The molecule has 0 saturated carbocycles. The van der Waals surface area contributed by atoms with Crippen molar-refractivity contribution in [3.8, 4) is 0 Å². The van der Waals surface area contributed by atoms with Crippen LogP contribution in [0.4, 0.5) is 0 Å². The minimum Gasteiger partial charge on any atom is -0.459 e. The summed E-state index contributed by atoms with van der Waals surface area (Å²) in [4.78, 5) is 14.4. The van der Waals surface area contributed by atoms with Gasteiger partial charge in [-0.2, -0.15) is 0 Å². The fourth-order valence-corrected chi connectivity index (χ4v) is 3.00. The third-order valence-corrected chi connectivity index (χ3v) is 4.49. The first-order valence-corrected chi connectivity index (χ1v) is 8.12. The number of hydrogen-bond donors (Lipinski definition) is 1. The van der Waals surface area contributed by atoms with Crippen LogP contribution in [0.15, 0.2) is 34.7 Å². The van der Waals surface area contributed by atoms with E-state index in [4.69, 9.17) is 4.42 Å². The van der Waals surface area contributed by atoms with Crippen molar-refractivity contribution in [1.82, 2.24) is 10.2 Å². The minimum absolute atomic E-state index is 0.0718. The number of nitrogens with zero attached hydrogens (tertiary/aromatic N) is 1. The van der Waals surface area contributed by atoms with Crippen molar-refractivity contribution in [2.24, 2.45) is 5.92 Å². The van der Waals surface area contributed by atoms with Crippen LogP contribution in [-0.2, 0) is 4.79 Å². The van der Waals surface area contributed by atoms with E-state index in [-0.39, 0.29) is 11.9 Å². The second-order valence-corrected chi connectivity index (χ2v) is 6.43. The van der Waals surface area contributed by atoms with Gasteiger partial charge in [-0.3, -0.25) is 9.69 Å². The number of rotatable bonds is 4. The highest BCUT2D eigenvalue weighted by atomic mass is 16.3. The summed E-state index contributed by atoms with van der Waals surface area (Å²) in [6.45, 7) is 6.77. The molecule has 1 fully saturated rings. The molecular formula is C18H24N2O2. The van der Waals surface area contributed by atoms with Crippen LogP contribution >= 0.6 is 0 Å². The van der Waals surface area contributed by atoms with Gasteiger partial charge in [-0.25, -0.2) is 0 Å². The second-order valence-electron chi connectivity index (χ2n) is 6.43. The van der Waals surface area contributed by atoms with Crippen molar-refractivity contribution in [2.75, 3.05) is 19.6 Å². The SMILES string of the molecule is CC1CCN(CC(=O)N[C@@H](C)c2cc3ccccc3o2)CC1. The summed E-state index contributed by atoms with van der Waals surface area (Å²) in [6, 6.07) is 9.80. The minimum atomic E-state index is -0.108. The van der Waals surface area contributed by atoms with Crippen molar-refractivity contribution in [1.29, 1.82) is 0 Å². The number of benzene rings is 1. The zero-order chi connectivity index (χ0) is 15.5. The Kier molecular flexibility index (Phi) is 4.48. The van der Waals surface area contributed by atoms with Gasteiger partial charge in [0.15, 0.2) is 0 Å². The Bertz CT molecular complexity index is 608. The van der Waals surface area contributed by atoms with Gasteiger partial charge >= 0.3 is 0 Å². The summed E-state index contributed by atoms with van der Waals surface area (Å²) in [7, 11) is 0. The summed E-state index contributed by atoms with van der Waals surface area (Å²) in [5.74, 6) is 1.66. The molecule has 1 N–H and O–H groups in total. The Hall–Kier alpha value is -1.81. The van der Waals surface area contributed by atoms with E-state index in [1.54, 1.807) is 0 Å². The Labute approximate surface area is 131 Å². The summed E-state index contributed by atoms with van der Waals surface area (Å²) in [6.07, 6.45) is 2.37. The number of hydrogen-bond acceptors (Lipinski definition) is 3. The Morgan fingerprint density at radius 2 is 2.09 bits per heavy atom. The molecule has 0 aliphatic carbocycles. The van der Waals surface area contributed by atoms with E-state index < -0.39 is 0 Å². The normalized spacial score (nSPS) is 18.5. The molecule has 0 unspecified atom stereocenters. The molecule has 2 aromatic rings. The predicted octanol–water partition coefficient (Wildman–Crippen LogP) is 3.34. The van der Waals surface area contributed by atoms with Crippen molar-refractivity contribution in [2.45, 2.75) is 32.7 Å². The topological polar surface area (TPSA) is 45.5 Å². The smallest absolute Gasteiger partial charge is 0.234 e. The number of carbonyl (C=O) groups is 1. The first-order chi connectivity index (χ1) is 10.6. The van der Waals surface area contributed by atoms with E-state index in [1.807, 2.05) is 37.3 Å². The molecule has 1 aromatic heterocycles. The van der Waals surface area contributed by atoms with E-state index >= 15 is 0 Å². The van der Waals surface area contributed by atoms with Gasteiger partial charge in [-0.15, -0.1) is 0 Å². The second kappa shape index (κ2) is 6.53. The lowest BCUT2D eigenvalue weighted by Gasteiger charge is -2.29. The average molecular weight is 300 g/mol. The van der Waals surface area contributed by atoms with Crippen molar-refractivity contribution < 1.29 is 9.21 Å². The summed E-state index contributed by atoms with van der Waals surface area (Å²) in [5.41, 5.74) is 0.864. The van der Waals surface area contributed by atoms with Crippen LogP contribution in [0.5, 0.6) is 0 Å². The summed E-state index contributed by atoms with van der Waals surface area (Å²) in [5, 5.41) is 4.11. The Morgan fingerprint density at radius 1 is 1.36 bits per heavy atom. The average Bonchev–Trinajstić information content (AvgIpc) is 2.93. The summed E-state index contributed by atoms with van der Waals surface area (Å²) < 4.78 is 5.81. The molecule has 0 bridgehead atoms. The highest BCUT2D eigenvalue weighted by Gasteiger charge is 2.20. The quantitative estimate of drug-likeness (QED) is 0.942. The van der Waals surface area contributed by atoms with Gasteiger partial charge in [-0.1, -0.05) is 25.1 Å². The Balaban J connectivity index is 1.56. The van der Waals surface area contributed by atoms with Crippen molar-refractivity contribution in [3.05, 3.63) is 36.1 Å². The molecule has 1 aromatic carbocycles. The highest BCUT2D eigenvalue weighted by Crippen LogP contribution is 2.23. The lowest BCUT2D eigenvalue weighted by molar-refractivity contribution is -0.123. The maximum atomic E-state index is 12.2. The fourth-order valence-electron chi connectivity index (χ4n) is 3.00. The number of para-hydroxylation sites is 1. The molecule has 0 radical (unpaired) electrons. The van der Waals surface area contributed by atoms with Gasteiger partial charge in [0.2, 0.25) is 5.91 Å². The number of furan rings is 1. The van der Waals surface area contributed by atoms with Crippen LogP contribution in [-0.4, -0.2) is 30.4 Å². The molecule has 1 atom stereocenters. The van der Waals surface area contributed by atoms with Crippen LogP contribution in [0, 0.1) is 5.92 Å². The molecule has 1 aliphatic heterocycles. The molecule has 4 nitrogen and oxygen atoms in total. The standard InChI is InChI=1S/C18H24N2O2/c1-13-7-9-20(10-8-13)12-18(21)19-14(2)17-11-15-5-3-4-6-16(15)22-17/h3-6,11,13-14H,7-10,12H2,1-2H3,(H,19,21)/t14-/m0/s1. The van der Waals surface area contributed by atoms with Crippen LogP contribution in [0.1, 0.15) is 38.5 Å². The summed E-state index contributed by atoms with van der Waals surface area (Å²) >= 11 is 0. The molecular weight excluding hydrogens is 276 g/mol. The third kappa shape index (κ3) is 3.50. The molecule has 22 heavy (non-hydrogen) atoms. The molecule has 3 rings (SSSR count). The van der Waals surface area contributed by atoms with Crippen LogP contribution in [0.2, 0.25) is 0 Å². The highest BCUT2D eigenvalue weighted by molar-refractivity contribution is 5.80. The zero-order valence-corrected chi connectivity index (χ0v) is 13.3. The number of carbonyl (C=O) groups excluding carboxylic acids is 1. The maximum Gasteiger partial charge on any atom is 0.234 e. The van der Waals surface area contributed by atoms with Crippen LogP contribution in [0.3, 0.4) is 0 Å². The molecule has 118 valence electrons. The molecule has 0 spiro atoms. The van der Waals surface area contributed by atoms with Gasteiger partial charge in [-0.05, 0) is 50.9 Å². The maximum absolute atomic E-state index is 12.2. The zero-order valence-electron chi connectivity index (χ0n) is 13.3. The Morgan fingerprint density at radius 3 is 2.82 bits per heavy atom. The van der Waals surface area contributed by atoms with E-state index in [1.165, 1.54) is 12.8 Å². The van der Waals surface area contributed by atoms with Gasteiger partial charge < -0.3 is 9.73 Å². The molecule has 1 saturated heterocycles. The molecule has 4 heteroatoms. The van der Waals surface area contributed by atoms with E-state index in [2.05, 4.69) is 17.1 Å². The van der Waals surface area contributed by atoms with Gasteiger partial charge in [0.25, 0.3) is 0 Å². The lowest BCUT2D eigenvalue weighted by atomic mass is 9.99. The van der Waals surface area contributed by atoms with E-state index in [9.17, 15) is 4.79 Å². The number of likely N-dealkylation sites (tertiary alicyclic amines) is 1. The monoisotopic (exact) mass is 300 g/mol. The van der Waals surface area contributed by atoms with Crippen LogP contribution in [0.25, 0.3) is 11.0 Å². The first kappa shape index (κ1) is 15.1. The predicted molar refractivity (Wildman–Crippen MR) is 87.6 cm³/mol. The molecule has 1 aliphatic rings. The van der Waals surface area contributed by atoms with Crippen molar-refractivity contribution in [3.63, 3.8) is 0 Å². The molecule has 1 amide bonds. The van der Waals surface area contributed by atoms with Gasteiger partial charge in [0.05, 0.1) is 12.6 Å². The fraction of sp³-hybridized carbons (Fsp3) is 0.500. The lowest BCUT2D eigenvalue weighted by Crippen LogP contribution is -2.41. The van der Waals surface area contributed by atoms with Crippen LogP contribution < -0.4 is 5.32 Å². The first-order valence-electron chi connectivity index (χ1n) is 8.12. The largest absolute Gasteiger partial charge is 0.459 e. The van der Waals surface area contributed by atoms with Gasteiger partial charge in [0, 0.05) is 5.39 Å². The van der Waals surface area contributed by atoms with E-state index in [0.717, 1.165) is 35.7 Å². The van der Waals surface area contributed by atoms with Crippen molar-refractivity contribution >= 4 is 16.9 Å². The van der Waals surface area contributed by atoms with E-state index in [0.29, 0.717) is 6.54 Å². The molecule has 2 heterocycles. The van der Waals surface area contributed by atoms with Gasteiger partial charge in [0.1, 0.15) is 11.3 Å². The third-order valence-electron chi connectivity index (χ3n) is 4.49. The number of nitrogens with one attached hydrogen (secondary N) is 1.